The van der Waals surface area contributed by atoms with Crippen LogP contribution in [0.5, 0.6) is 0 Å². The second-order valence-corrected chi connectivity index (χ2v) is 9.10. The smallest absolute Gasteiger partial charge is 0.263 e. The summed E-state index contributed by atoms with van der Waals surface area (Å²) in [5.74, 6) is 0.00100. The van der Waals surface area contributed by atoms with Crippen LogP contribution in [0.1, 0.15) is 16.7 Å². The number of nitrogens with one attached hydrogen (secondary N) is 1. The highest BCUT2D eigenvalue weighted by Gasteiger charge is 2.18. The monoisotopic (exact) mass is 487 g/mol. The van der Waals surface area contributed by atoms with Gasteiger partial charge in [0.15, 0.2) is 5.16 Å². The molecule has 2 aromatic heterocycles. The molecule has 0 saturated carbocycles. The second kappa shape index (κ2) is 9.71. The molecule has 7 nitrogen and oxygen atoms in total. The number of aryl methyl sites for hydroxylation is 1. The molecule has 0 unspecified atom stereocenters. The van der Waals surface area contributed by atoms with Crippen LogP contribution in [0.2, 0.25) is 0 Å². The first-order valence-corrected chi connectivity index (χ1v) is 12.0. The molecule has 0 atom stereocenters. The van der Waals surface area contributed by atoms with Crippen molar-refractivity contribution in [3.05, 3.63) is 106 Å². The normalized spacial score (nSPS) is 11.3. The summed E-state index contributed by atoms with van der Waals surface area (Å²) < 4.78 is 17.2. The standard InChI is InChI=1S/C26H22FN5O2S/c1-17-11-12-19(13-21(17)27)14-28-23(33)16-35-26-30-29-25-31(15-18-7-3-2-4-8-18)24(34)20-9-5-6-10-22(20)32(25)26/h2-13H,14-16H2,1H3,(H,28,33). The van der Waals surface area contributed by atoms with Crippen LogP contribution in [0.25, 0.3) is 16.7 Å². The molecule has 0 aliphatic heterocycles. The molecule has 0 bridgehead atoms. The predicted octanol–water partition coefficient (Wildman–Crippen LogP) is 3.95. The number of rotatable bonds is 7. The molecule has 3 aromatic carbocycles. The maximum absolute atomic E-state index is 13.8. The third-order valence-electron chi connectivity index (χ3n) is 5.72. The molecule has 9 heteroatoms. The number of nitrogens with zero attached hydrogens (tertiary/aromatic N) is 4. The molecule has 1 amide bonds. The van der Waals surface area contributed by atoms with Crippen LogP contribution in [0.4, 0.5) is 4.39 Å². The summed E-state index contributed by atoms with van der Waals surface area (Å²) in [6.45, 7) is 2.28. The molecule has 176 valence electrons. The molecule has 0 fully saturated rings. The van der Waals surface area contributed by atoms with Crippen molar-refractivity contribution in [1.82, 2.24) is 24.5 Å². The van der Waals surface area contributed by atoms with E-state index in [1.807, 2.05) is 52.9 Å². The van der Waals surface area contributed by atoms with Crippen molar-refractivity contribution < 1.29 is 9.18 Å². The molecular weight excluding hydrogens is 465 g/mol. The molecule has 2 heterocycles. The van der Waals surface area contributed by atoms with Gasteiger partial charge in [0.25, 0.3) is 5.56 Å². The number of carbonyl (C=O) groups is 1. The Kier molecular flexibility index (Phi) is 6.33. The van der Waals surface area contributed by atoms with E-state index in [-0.39, 0.29) is 29.6 Å². The Morgan fingerprint density at radius 3 is 2.57 bits per heavy atom. The summed E-state index contributed by atoms with van der Waals surface area (Å²) in [4.78, 5) is 25.8. The zero-order valence-electron chi connectivity index (χ0n) is 18.9. The number of aromatic nitrogens is 4. The fraction of sp³-hybridized carbons (Fsp3) is 0.154. The fourth-order valence-electron chi connectivity index (χ4n) is 3.86. The number of para-hydroxylation sites is 1. The van der Waals surface area contributed by atoms with Crippen molar-refractivity contribution in [3.8, 4) is 0 Å². The van der Waals surface area contributed by atoms with Crippen molar-refractivity contribution in [2.24, 2.45) is 0 Å². The average molecular weight is 488 g/mol. The quantitative estimate of drug-likeness (QED) is 0.352. The van der Waals surface area contributed by atoms with E-state index in [9.17, 15) is 14.0 Å². The molecule has 35 heavy (non-hydrogen) atoms. The summed E-state index contributed by atoms with van der Waals surface area (Å²) in [6, 6.07) is 21.9. The van der Waals surface area contributed by atoms with Crippen LogP contribution in [-0.4, -0.2) is 30.8 Å². The maximum Gasteiger partial charge on any atom is 0.263 e. The van der Waals surface area contributed by atoms with E-state index in [4.69, 9.17) is 0 Å². The zero-order chi connectivity index (χ0) is 24.4. The Morgan fingerprint density at radius 1 is 1.00 bits per heavy atom. The number of benzene rings is 3. The number of fused-ring (bicyclic) bond motifs is 3. The lowest BCUT2D eigenvalue weighted by Crippen LogP contribution is -2.25. The van der Waals surface area contributed by atoms with Gasteiger partial charge in [-0.2, -0.15) is 0 Å². The number of halogens is 1. The summed E-state index contributed by atoms with van der Waals surface area (Å²) in [5.41, 5.74) is 2.75. The molecule has 1 N–H and O–H groups in total. The Bertz CT molecular complexity index is 1600. The van der Waals surface area contributed by atoms with Gasteiger partial charge in [0.1, 0.15) is 5.82 Å². The number of amides is 1. The zero-order valence-corrected chi connectivity index (χ0v) is 19.8. The topological polar surface area (TPSA) is 81.3 Å². The van der Waals surface area contributed by atoms with Crippen LogP contribution in [0, 0.1) is 12.7 Å². The predicted molar refractivity (Wildman–Crippen MR) is 134 cm³/mol. The van der Waals surface area contributed by atoms with E-state index >= 15 is 0 Å². The van der Waals surface area contributed by atoms with Gasteiger partial charge in [0, 0.05) is 6.54 Å². The van der Waals surface area contributed by atoms with Crippen molar-refractivity contribution in [2.75, 3.05) is 5.75 Å². The molecule has 0 aliphatic carbocycles. The molecule has 5 aromatic rings. The maximum atomic E-state index is 13.8. The van der Waals surface area contributed by atoms with E-state index in [1.54, 1.807) is 29.7 Å². The highest BCUT2D eigenvalue weighted by Crippen LogP contribution is 2.22. The van der Waals surface area contributed by atoms with Crippen LogP contribution < -0.4 is 10.9 Å². The van der Waals surface area contributed by atoms with E-state index in [1.165, 1.54) is 17.8 Å². The molecule has 5 rings (SSSR count). The first kappa shape index (κ1) is 22.8. The van der Waals surface area contributed by atoms with Crippen LogP contribution in [-0.2, 0) is 17.9 Å². The van der Waals surface area contributed by atoms with Gasteiger partial charge in [-0.15, -0.1) is 10.2 Å². The minimum atomic E-state index is -0.297. The van der Waals surface area contributed by atoms with Gasteiger partial charge >= 0.3 is 0 Å². The van der Waals surface area contributed by atoms with E-state index in [0.717, 1.165) is 5.56 Å². The van der Waals surface area contributed by atoms with E-state index in [2.05, 4.69) is 15.5 Å². The first-order chi connectivity index (χ1) is 17.0. The van der Waals surface area contributed by atoms with E-state index in [0.29, 0.717) is 39.5 Å². The largest absolute Gasteiger partial charge is 0.351 e. The van der Waals surface area contributed by atoms with Gasteiger partial charge in [-0.25, -0.2) is 4.39 Å². The number of hydrogen-bond acceptors (Lipinski definition) is 5. The number of thioether (sulfide) groups is 1. The lowest BCUT2D eigenvalue weighted by Gasteiger charge is -2.11. The first-order valence-electron chi connectivity index (χ1n) is 11.1. The Labute approximate surface area is 204 Å². The summed E-state index contributed by atoms with van der Waals surface area (Å²) in [6.07, 6.45) is 0. The van der Waals surface area contributed by atoms with E-state index < -0.39 is 0 Å². The van der Waals surface area contributed by atoms with Gasteiger partial charge in [-0.3, -0.25) is 18.6 Å². The highest BCUT2D eigenvalue weighted by atomic mass is 32.2. The minimum absolute atomic E-state index is 0.0985. The Hall–Kier alpha value is -3.98. The highest BCUT2D eigenvalue weighted by molar-refractivity contribution is 7.99. The van der Waals surface area contributed by atoms with Crippen molar-refractivity contribution in [3.63, 3.8) is 0 Å². The lowest BCUT2D eigenvalue weighted by molar-refractivity contribution is -0.118. The van der Waals surface area contributed by atoms with Crippen molar-refractivity contribution in [1.29, 1.82) is 0 Å². The second-order valence-electron chi connectivity index (χ2n) is 8.16. The molecule has 0 spiro atoms. The molecule has 0 aliphatic rings. The Morgan fingerprint density at radius 2 is 1.77 bits per heavy atom. The third-order valence-corrected chi connectivity index (χ3v) is 6.65. The van der Waals surface area contributed by atoms with Gasteiger partial charge < -0.3 is 5.32 Å². The van der Waals surface area contributed by atoms with Gasteiger partial charge in [0.2, 0.25) is 11.7 Å². The molecular formula is C26H22FN5O2S. The summed E-state index contributed by atoms with van der Waals surface area (Å²) in [7, 11) is 0. The fourth-order valence-corrected chi connectivity index (χ4v) is 4.63. The summed E-state index contributed by atoms with van der Waals surface area (Å²) >= 11 is 1.23. The van der Waals surface area contributed by atoms with Crippen molar-refractivity contribution >= 4 is 34.3 Å². The average Bonchev–Trinajstić information content (AvgIpc) is 3.30. The summed E-state index contributed by atoms with van der Waals surface area (Å²) in [5, 5.41) is 12.4. The minimum Gasteiger partial charge on any atom is -0.351 e. The lowest BCUT2D eigenvalue weighted by atomic mass is 10.1. The number of carbonyl (C=O) groups excluding carboxylic acids is 1. The van der Waals surface area contributed by atoms with Crippen LogP contribution in [0.15, 0.2) is 82.7 Å². The SMILES string of the molecule is Cc1ccc(CNC(=O)CSc2nnc3n(Cc4ccccc4)c(=O)c4ccccc4n23)cc1F. The van der Waals surface area contributed by atoms with Crippen LogP contribution >= 0.6 is 11.8 Å². The van der Waals surface area contributed by atoms with Gasteiger partial charge in [-0.1, -0.05) is 66.4 Å². The Balaban J connectivity index is 1.41. The van der Waals surface area contributed by atoms with Crippen LogP contribution in [0.3, 0.4) is 0 Å². The molecule has 0 radical (unpaired) electrons. The van der Waals surface area contributed by atoms with Gasteiger partial charge in [0.05, 0.1) is 23.2 Å². The van der Waals surface area contributed by atoms with Gasteiger partial charge in [-0.05, 0) is 41.8 Å². The molecule has 0 saturated heterocycles. The number of hydrogen-bond donors (Lipinski definition) is 1. The third kappa shape index (κ3) is 4.67. The van der Waals surface area contributed by atoms with Crippen molar-refractivity contribution in [2.45, 2.75) is 25.2 Å².